The van der Waals surface area contributed by atoms with Gasteiger partial charge in [-0.15, -0.1) is 0 Å². The molecule has 1 heterocycles. The van der Waals surface area contributed by atoms with Crippen molar-refractivity contribution in [2.75, 3.05) is 33.9 Å². The number of hydrogen-bond acceptors (Lipinski definition) is 5. The highest BCUT2D eigenvalue weighted by Crippen LogP contribution is 2.20. The molecule has 0 radical (unpaired) electrons. The summed E-state index contributed by atoms with van der Waals surface area (Å²) in [7, 11) is 3.25. The summed E-state index contributed by atoms with van der Waals surface area (Å²) >= 11 is 0. The van der Waals surface area contributed by atoms with Crippen molar-refractivity contribution in [2.45, 2.75) is 32.2 Å². The summed E-state index contributed by atoms with van der Waals surface area (Å²) in [5, 5.41) is 11.6. The van der Waals surface area contributed by atoms with Crippen LogP contribution in [0.5, 0.6) is 0 Å². The number of nitrogens with zero attached hydrogens (tertiary/aromatic N) is 1. The lowest BCUT2D eigenvalue weighted by atomic mass is 10.0. The normalized spacial score (nSPS) is 17.8. The van der Waals surface area contributed by atoms with Crippen LogP contribution >= 0.6 is 0 Å². The van der Waals surface area contributed by atoms with Crippen molar-refractivity contribution < 1.29 is 24.2 Å². The summed E-state index contributed by atoms with van der Waals surface area (Å²) in [6.07, 6.45) is 0.841. The molecule has 0 saturated carbocycles. The molecule has 32 heavy (non-hydrogen) atoms. The van der Waals surface area contributed by atoms with Gasteiger partial charge in [-0.25, -0.2) is 0 Å². The first-order valence-corrected chi connectivity index (χ1v) is 10.7. The molecule has 7 nitrogen and oxygen atoms in total. The quantitative estimate of drug-likeness (QED) is 0.644. The molecule has 2 aromatic carbocycles. The lowest BCUT2D eigenvalue weighted by molar-refractivity contribution is -0.155. The van der Waals surface area contributed by atoms with Crippen molar-refractivity contribution >= 4 is 11.8 Å². The van der Waals surface area contributed by atoms with E-state index in [1.165, 1.54) is 7.11 Å². The molecule has 2 N–H and O–H groups in total. The molecule has 1 fully saturated rings. The Labute approximate surface area is 190 Å². The van der Waals surface area contributed by atoms with Crippen LogP contribution < -0.4 is 5.32 Å². The monoisotopic (exact) mass is 442 g/mol. The number of amides is 2. The van der Waals surface area contributed by atoms with Crippen molar-refractivity contribution in [3.8, 4) is 0 Å². The van der Waals surface area contributed by atoms with E-state index in [4.69, 9.17) is 9.84 Å². The lowest BCUT2D eigenvalue weighted by Gasteiger charge is -2.21. The SMILES string of the molecule is CN(CC1CC(CNC(=O)c2ccccc2)CO1)C(=O)c1ccccc1.COC(C)(C)O. The highest BCUT2D eigenvalue weighted by molar-refractivity contribution is 5.94. The van der Waals surface area contributed by atoms with Gasteiger partial charge >= 0.3 is 0 Å². The van der Waals surface area contributed by atoms with Gasteiger partial charge in [0, 0.05) is 44.3 Å². The zero-order chi connectivity index (χ0) is 23.6. The largest absolute Gasteiger partial charge is 0.376 e. The Balaban J connectivity index is 0.000000534. The molecule has 2 amide bonds. The first-order valence-electron chi connectivity index (χ1n) is 10.7. The highest BCUT2D eigenvalue weighted by atomic mass is 16.6. The standard InChI is InChI=1S/C21H24N2O3.C4H10O2/c1-23(21(25)18-10-6-3-7-11-18)14-19-12-16(15-26-19)13-22-20(24)17-8-4-2-5-9-17;1-4(2,5)6-3/h2-11,16,19H,12-15H2,1H3,(H,22,24);5H,1-3H3. The number of ether oxygens (including phenoxy) is 2. The van der Waals surface area contributed by atoms with E-state index in [0.29, 0.717) is 30.8 Å². The number of rotatable bonds is 7. The lowest BCUT2D eigenvalue weighted by Crippen LogP contribution is -2.34. The van der Waals surface area contributed by atoms with Gasteiger partial charge in [-0.05, 0) is 44.5 Å². The van der Waals surface area contributed by atoms with E-state index in [-0.39, 0.29) is 23.8 Å². The van der Waals surface area contributed by atoms with Crippen LogP contribution in [-0.2, 0) is 9.47 Å². The molecule has 2 unspecified atom stereocenters. The summed E-state index contributed by atoms with van der Waals surface area (Å²) < 4.78 is 10.3. The third-order valence-corrected chi connectivity index (χ3v) is 5.10. The molecule has 1 aliphatic rings. The van der Waals surface area contributed by atoms with Crippen molar-refractivity contribution in [1.82, 2.24) is 10.2 Å². The van der Waals surface area contributed by atoms with Crippen molar-refractivity contribution in [3.05, 3.63) is 71.8 Å². The van der Waals surface area contributed by atoms with Crippen LogP contribution in [0.4, 0.5) is 0 Å². The first kappa shape index (κ1) is 25.5. The van der Waals surface area contributed by atoms with Crippen LogP contribution in [0.25, 0.3) is 0 Å². The number of aliphatic hydroxyl groups is 1. The Kier molecular flexibility index (Phi) is 9.84. The first-order chi connectivity index (χ1) is 15.2. The summed E-state index contributed by atoms with van der Waals surface area (Å²) in [5.41, 5.74) is 1.34. The van der Waals surface area contributed by atoms with Crippen LogP contribution in [0, 0.1) is 5.92 Å². The van der Waals surface area contributed by atoms with Crippen molar-refractivity contribution in [2.24, 2.45) is 5.92 Å². The molecule has 1 aliphatic heterocycles. The summed E-state index contributed by atoms with van der Waals surface area (Å²) in [4.78, 5) is 26.2. The van der Waals surface area contributed by atoms with Gasteiger partial charge in [0.15, 0.2) is 5.79 Å². The van der Waals surface area contributed by atoms with E-state index in [0.717, 1.165) is 6.42 Å². The molecule has 174 valence electrons. The van der Waals surface area contributed by atoms with Crippen LogP contribution in [-0.4, -0.2) is 67.6 Å². The zero-order valence-corrected chi connectivity index (χ0v) is 19.3. The predicted octanol–water partition coefficient (Wildman–Crippen LogP) is 2.95. The summed E-state index contributed by atoms with van der Waals surface area (Å²) in [6, 6.07) is 18.4. The maximum Gasteiger partial charge on any atom is 0.253 e. The van der Waals surface area contributed by atoms with Crippen LogP contribution in [0.2, 0.25) is 0 Å². The van der Waals surface area contributed by atoms with Gasteiger partial charge < -0.3 is 24.8 Å². The number of hydrogen-bond donors (Lipinski definition) is 2. The average molecular weight is 443 g/mol. The minimum absolute atomic E-state index is 0.00460. The third kappa shape index (κ3) is 8.78. The molecule has 3 rings (SSSR count). The van der Waals surface area contributed by atoms with Gasteiger partial charge in [-0.3, -0.25) is 9.59 Å². The Bertz CT molecular complexity index is 836. The zero-order valence-electron chi connectivity index (χ0n) is 19.3. The Morgan fingerprint density at radius 2 is 1.62 bits per heavy atom. The van der Waals surface area contributed by atoms with E-state index >= 15 is 0 Å². The molecular formula is C25H34N2O5. The topological polar surface area (TPSA) is 88.1 Å². The predicted molar refractivity (Wildman–Crippen MR) is 123 cm³/mol. The fourth-order valence-corrected chi connectivity index (χ4v) is 3.17. The fraction of sp³-hybridized carbons (Fsp3) is 0.440. The minimum atomic E-state index is -0.958. The van der Waals surface area contributed by atoms with Gasteiger partial charge in [0.05, 0.1) is 12.7 Å². The van der Waals surface area contributed by atoms with E-state index in [1.54, 1.807) is 37.9 Å². The molecule has 0 aliphatic carbocycles. The smallest absolute Gasteiger partial charge is 0.253 e. The molecule has 1 saturated heterocycles. The number of carbonyl (C=O) groups excluding carboxylic acids is 2. The second kappa shape index (κ2) is 12.3. The highest BCUT2D eigenvalue weighted by Gasteiger charge is 2.28. The maximum atomic E-state index is 12.4. The molecule has 7 heteroatoms. The molecule has 0 aromatic heterocycles. The number of benzene rings is 2. The van der Waals surface area contributed by atoms with E-state index in [1.807, 2.05) is 48.5 Å². The number of likely N-dealkylation sites (N-methyl/N-ethyl adjacent to an activating group) is 1. The molecule has 2 aromatic rings. The average Bonchev–Trinajstić information content (AvgIpc) is 3.25. The summed E-state index contributed by atoms with van der Waals surface area (Å²) in [6.45, 7) is 4.89. The van der Waals surface area contributed by atoms with Crippen LogP contribution in [0.15, 0.2) is 60.7 Å². The van der Waals surface area contributed by atoms with E-state index in [2.05, 4.69) is 10.1 Å². The van der Waals surface area contributed by atoms with Gasteiger partial charge in [0.1, 0.15) is 0 Å². The molecule has 2 atom stereocenters. The van der Waals surface area contributed by atoms with Crippen LogP contribution in [0.1, 0.15) is 41.0 Å². The Morgan fingerprint density at radius 3 is 2.16 bits per heavy atom. The van der Waals surface area contributed by atoms with Crippen molar-refractivity contribution in [1.29, 1.82) is 0 Å². The fourth-order valence-electron chi connectivity index (χ4n) is 3.17. The number of nitrogens with one attached hydrogen (secondary N) is 1. The molecule has 0 spiro atoms. The van der Waals surface area contributed by atoms with Crippen LogP contribution in [0.3, 0.4) is 0 Å². The van der Waals surface area contributed by atoms with Gasteiger partial charge in [-0.2, -0.15) is 0 Å². The third-order valence-electron chi connectivity index (χ3n) is 5.10. The summed E-state index contributed by atoms with van der Waals surface area (Å²) in [5.74, 6) is -0.756. The Hall–Kier alpha value is -2.74. The Morgan fingerprint density at radius 1 is 1.09 bits per heavy atom. The van der Waals surface area contributed by atoms with Crippen molar-refractivity contribution in [3.63, 3.8) is 0 Å². The van der Waals surface area contributed by atoms with E-state index < -0.39 is 5.79 Å². The van der Waals surface area contributed by atoms with Gasteiger partial charge in [-0.1, -0.05) is 36.4 Å². The van der Waals surface area contributed by atoms with Gasteiger partial charge in [0.25, 0.3) is 11.8 Å². The second-order valence-electron chi connectivity index (χ2n) is 8.34. The van der Waals surface area contributed by atoms with E-state index in [9.17, 15) is 9.59 Å². The minimum Gasteiger partial charge on any atom is -0.376 e. The molecular weight excluding hydrogens is 408 g/mol. The molecule has 0 bridgehead atoms. The second-order valence-corrected chi connectivity index (χ2v) is 8.34. The number of methoxy groups -OCH3 is 1. The van der Waals surface area contributed by atoms with Gasteiger partial charge in [0.2, 0.25) is 0 Å². The number of carbonyl (C=O) groups is 2. The maximum absolute atomic E-state index is 12.4.